The highest BCUT2D eigenvalue weighted by atomic mass is 32.2. The summed E-state index contributed by atoms with van der Waals surface area (Å²) in [6, 6.07) is 7.80. The number of hydrogen-bond acceptors (Lipinski definition) is 5. The van der Waals surface area contributed by atoms with Crippen LogP contribution in [0.3, 0.4) is 0 Å². The molecular weight excluding hydrogens is 316 g/mol. The molecule has 1 aromatic carbocycles. The molecule has 1 aliphatic carbocycles. The Kier molecular flexibility index (Phi) is 4.16. The molecule has 122 valence electrons. The van der Waals surface area contributed by atoms with E-state index in [2.05, 4.69) is 10.3 Å². The van der Waals surface area contributed by atoms with Gasteiger partial charge in [0, 0.05) is 7.05 Å². The summed E-state index contributed by atoms with van der Waals surface area (Å²) in [6.45, 7) is 0. The number of nitrogens with one attached hydrogen (secondary N) is 1. The van der Waals surface area contributed by atoms with Gasteiger partial charge in [0.15, 0.2) is 5.03 Å². The van der Waals surface area contributed by atoms with Gasteiger partial charge in [0.1, 0.15) is 0 Å². The molecule has 0 unspecified atom stereocenters. The molecule has 1 fully saturated rings. The van der Waals surface area contributed by atoms with E-state index in [0.29, 0.717) is 5.92 Å². The van der Waals surface area contributed by atoms with Gasteiger partial charge in [-0.15, -0.1) is 5.10 Å². The van der Waals surface area contributed by atoms with Crippen LogP contribution in [0.4, 0.5) is 0 Å². The molecular formula is C15H18N4O3S. The average Bonchev–Trinajstić information content (AvgIpc) is 2.85. The number of aromatic nitrogens is 3. The lowest BCUT2D eigenvalue weighted by atomic mass is 9.80. The summed E-state index contributed by atoms with van der Waals surface area (Å²) in [7, 11) is -2.50. The topological polar surface area (TPSA) is 93.9 Å². The maximum Gasteiger partial charge on any atom is 0.282 e. The summed E-state index contributed by atoms with van der Waals surface area (Å²) in [4.78, 5) is 12.0. The minimum atomic E-state index is -3.94. The molecule has 1 aliphatic rings. The van der Waals surface area contributed by atoms with Gasteiger partial charge >= 0.3 is 0 Å². The standard InChI is InChI=1S/C15H18N4O3S/c1-19-15(10-16-18-19)23(21,22)17-14(20)9-11-5-7-13(8-6-11)12-3-2-4-12/h5-8,10,12H,2-4,9H2,1H3,(H,17,20). The number of hydrogen-bond donors (Lipinski definition) is 1. The number of nitrogens with zero attached hydrogens (tertiary/aromatic N) is 3. The van der Waals surface area contributed by atoms with Crippen LogP contribution in [0.5, 0.6) is 0 Å². The van der Waals surface area contributed by atoms with Crippen molar-refractivity contribution < 1.29 is 13.2 Å². The molecule has 1 N–H and O–H groups in total. The van der Waals surface area contributed by atoms with E-state index in [0.717, 1.165) is 16.4 Å². The predicted octanol–water partition coefficient (Wildman–Crippen LogP) is 1.13. The lowest BCUT2D eigenvalue weighted by Crippen LogP contribution is -2.33. The zero-order valence-electron chi connectivity index (χ0n) is 12.8. The largest absolute Gasteiger partial charge is 0.282 e. The van der Waals surface area contributed by atoms with Gasteiger partial charge in [0.25, 0.3) is 10.0 Å². The van der Waals surface area contributed by atoms with Gasteiger partial charge in [-0.1, -0.05) is 35.9 Å². The normalized spacial score (nSPS) is 15.2. The van der Waals surface area contributed by atoms with Gasteiger partial charge in [-0.05, 0) is 29.9 Å². The molecule has 0 atom stereocenters. The average molecular weight is 334 g/mol. The smallest absolute Gasteiger partial charge is 0.274 e. The number of amides is 1. The third kappa shape index (κ3) is 3.42. The Balaban J connectivity index is 1.64. The van der Waals surface area contributed by atoms with Crippen molar-refractivity contribution in [2.24, 2.45) is 7.05 Å². The van der Waals surface area contributed by atoms with Gasteiger partial charge in [0.2, 0.25) is 5.91 Å². The van der Waals surface area contributed by atoms with Gasteiger partial charge in [-0.2, -0.15) is 8.42 Å². The van der Waals surface area contributed by atoms with Gasteiger partial charge in [-0.25, -0.2) is 9.40 Å². The first-order valence-corrected chi connectivity index (χ1v) is 8.93. The summed E-state index contributed by atoms with van der Waals surface area (Å²) < 4.78 is 27.3. The van der Waals surface area contributed by atoms with Crippen LogP contribution in [-0.2, 0) is 28.3 Å². The van der Waals surface area contributed by atoms with E-state index < -0.39 is 15.9 Å². The van der Waals surface area contributed by atoms with E-state index >= 15 is 0 Å². The van der Waals surface area contributed by atoms with Gasteiger partial charge in [0.05, 0.1) is 12.6 Å². The van der Waals surface area contributed by atoms with Crippen LogP contribution >= 0.6 is 0 Å². The maximum absolute atomic E-state index is 12.1. The first-order chi connectivity index (χ1) is 11.0. The number of rotatable bonds is 5. The Morgan fingerprint density at radius 2 is 2.00 bits per heavy atom. The summed E-state index contributed by atoms with van der Waals surface area (Å²) in [5, 5.41) is 6.90. The van der Waals surface area contributed by atoms with Crippen molar-refractivity contribution >= 4 is 15.9 Å². The van der Waals surface area contributed by atoms with Crippen LogP contribution in [0, 0.1) is 0 Å². The number of carbonyl (C=O) groups excluding carboxylic acids is 1. The second kappa shape index (κ2) is 6.11. The highest BCUT2D eigenvalue weighted by Crippen LogP contribution is 2.36. The van der Waals surface area contributed by atoms with Gasteiger partial charge < -0.3 is 0 Å². The molecule has 0 aliphatic heterocycles. The van der Waals surface area contributed by atoms with Crippen LogP contribution in [0.25, 0.3) is 0 Å². The summed E-state index contributed by atoms with van der Waals surface area (Å²) in [6.07, 6.45) is 4.82. The monoisotopic (exact) mass is 334 g/mol. The number of carbonyl (C=O) groups is 1. The second-order valence-corrected chi connectivity index (χ2v) is 7.40. The predicted molar refractivity (Wildman–Crippen MR) is 83.1 cm³/mol. The van der Waals surface area contributed by atoms with E-state index in [9.17, 15) is 13.2 Å². The molecule has 2 aromatic rings. The molecule has 1 aromatic heterocycles. The molecule has 0 saturated heterocycles. The van der Waals surface area contributed by atoms with Gasteiger partial charge in [-0.3, -0.25) is 4.79 Å². The molecule has 0 radical (unpaired) electrons. The van der Waals surface area contributed by atoms with Crippen molar-refractivity contribution in [3.05, 3.63) is 41.6 Å². The first kappa shape index (κ1) is 15.7. The van der Waals surface area contributed by atoms with Crippen molar-refractivity contribution in [2.45, 2.75) is 36.6 Å². The molecule has 0 spiro atoms. The fourth-order valence-electron chi connectivity index (χ4n) is 2.60. The number of aryl methyl sites for hydroxylation is 1. The van der Waals surface area contributed by atoms with Crippen molar-refractivity contribution in [3.63, 3.8) is 0 Å². The van der Waals surface area contributed by atoms with E-state index in [4.69, 9.17) is 0 Å². The zero-order chi connectivity index (χ0) is 16.4. The number of benzene rings is 1. The SMILES string of the molecule is Cn1nncc1S(=O)(=O)NC(=O)Cc1ccc(C2CCC2)cc1. The van der Waals surface area contributed by atoms with Crippen LogP contribution in [0.1, 0.15) is 36.3 Å². The van der Waals surface area contributed by atoms with Crippen molar-refractivity contribution in [1.29, 1.82) is 0 Å². The second-order valence-electron chi connectivity index (χ2n) is 5.77. The molecule has 1 saturated carbocycles. The summed E-state index contributed by atoms with van der Waals surface area (Å²) in [5.41, 5.74) is 2.07. The highest BCUT2D eigenvalue weighted by molar-refractivity contribution is 7.90. The Morgan fingerprint density at radius 1 is 1.30 bits per heavy atom. The van der Waals surface area contributed by atoms with Crippen LogP contribution in [0.15, 0.2) is 35.5 Å². The minimum Gasteiger partial charge on any atom is -0.274 e. The Bertz CT molecular complexity index is 808. The Morgan fingerprint density at radius 3 is 2.52 bits per heavy atom. The van der Waals surface area contributed by atoms with Crippen LogP contribution in [-0.4, -0.2) is 29.3 Å². The van der Waals surface area contributed by atoms with E-state index in [1.54, 1.807) is 0 Å². The maximum atomic E-state index is 12.1. The Labute approximate surface area is 134 Å². The fraction of sp³-hybridized carbons (Fsp3) is 0.400. The van der Waals surface area contributed by atoms with E-state index in [1.807, 2.05) is 29.0 Å². The molecule has 1 amide bonds. The zero-order valence-corrected chi connectivity index (χ0v) is 13.6. The van der Waals surface area contributed by atoms with E-state index in [1.165, 1.54) is 31.9 Å². The summed E-state index contributed by atoms with van der Waals surface area (Å²) in [5.74, 6) is 0.0539. The van der Waals surface area contributed by atoms with Crippen molar-refractivity contribution in [3.8, 4) is 0 Å². The van der Waals surface area contributed by atoms with E-state index in [-0.39, 0.29) is 11.4 Å². The lowest BCUT2D eigenvalue weighted by Gasteiger charge is -2.25. The third-order valence-corrected chi connectivity index (χ3v) is 5.53. The molecule has 23 heavy (non-hydrogen) atoms. The molecule has 1 heterocycles. The van der Waals surface area contributed by atoms with Crippen molar-refractivity contribution in [1.82, 2.24) is 19.7 Å². The summed E-state index contributed by atoms with van der Waals surface area (Å²) >= 11 is 0. The van der Waals surface area contributed by atoms with Crippen molar-refractivity contribution in [2.75, 3.05) is 0 Å². The fourth-order valence-corrected chi connectivity index (χ4v) is 3.64. The highest BCUT2D eigenvalue weighted by Gasteiger charge is 2.22. The number of sulfonamides is 1. The van der Waals surface area contributed by atoms with Crippen LogP contribution < -0.4 is 4.72 Å². The molecule has 7 nitrogen and oxygen atoms in total. The molecule has 8 heteroatoms. The quantitative estimate of drug-likeness (QED) is 0.884. The molecule has 3 rings (SSSR count). The third-order valence-electron chi connectivity index (χ3n) is 4.12. The Hall–Kier alpha value is -2.22. The molecule has 0 bridgehead atoms. The lowest BCUT2D eigenvalue weighted by molar-refractivity contribution is -0.118. The first-order valence-electron chi connectivity index (χ1n) is 7.45. The van der Waals surface area contributed by atoms with Crippen LogP contribution in [0.2, 0.25) is 0 Å². The minimum absolute atomic E-state index is 0.00938.